The normalized spacial score (nSPS) is 21.3. The fourth-order valence-corrected chi connectivity index (χ4v) is 2.70. The van der Waals surface area contributed by atoms with Crippen LogP contribution in [0.15, 0.2) is 18.2 Å². The first-order valence-corrected chi connectivity index (χ1v) is 7.34. The van der Waals surface area contributed by atoms with Crippen LogP contribution in [0.3, 0.4) is 0 Å². The number of aliphatic hydroxyl groups excluding tert-OH is 1. The van der Waals surface area contributed by atoms with Gasteiger partial charge in [0.1, 0.15) is 0 Å². The molecule has 2 atom stereocenters. The Balaban J connectivity index is 1.80. The molecule has 0 spiro atoms. The number of nitrogens with one attached hydrogen (secondary N) is 1. The first-order valence-electron chi connectivity index (χ1n) is 6.58. The van der Waals surface area contributed by atoms with E-state index in [2.05, 4.69) is 5.32 Å². The van der Waals surface area contributed by atoms with Gasteiger partial charge in [0.25, 0.3) is 0 Å². The smallest absolute Gasteiger partial charge is 0.0929 e. The third kappa shape index (κ3) is 4.62. The van der Waals surface area contributed by atoms with Crippen LogP contribution in [0, 0.1) is 5.92 Å². The van der Waals surface area contributed by atoms with Gasteiger partial charge in [-0.25, -0.2) is 0 Å². The van der Waals surface area contributed by atoms with E-state index >= 15 is 0 Å². The molecular formula is C14H19Cl2NO2. The van der Waals surface area contributed by atoms with Crippen molar-refractivity contribution < 1.29 is 9.84 Å². The van der Waals surface area contributed by atoms with Gasteiger partial charge in [-0.1, -0.05) is 23.2 Å². The molecule has 3 nitrogen and oxygen atoms in total. The van der Waals surface area contributed by atoms with Crippen LogP contribution in [-0.2, 0) is 4.74 Å². The molecule has 106 valence electrons. The maximum atomic E-state index is 10.1. The monoisotopic (exact) mass is 303 g/mol. The van der Waals surface area contributed by atoms with Crippen LogP contribution in [0.5, 0.6) is 0 Å². The van der Waals surface area contributed by atoms with Gasteiger partial charge in [-0.2, -0.15) is 0 Å². The number of hydrogen-bond acceptors (Lipinski definition) is 3. The standard InChI is InChI=1S/C14H19Cl2NO2/c15-11-3-4-13(16)12(6-11)14(18)8-17-7-10-2-1-5-19-9-10/h3-4,6,10,14,17-18H,1-2,5,7-9H2. The van der Waals surface area contributed by atoms with E-state index in [1.54, 1.807) is 18.2 Å². The Labute approximate surface area is 123 Å². The molecule has 0 bridgehead atoms. The first kappa shape index (κ1) is 15.1. The van der Waals surface area contributed by atoms with Gasteiger partial charge in [-0.05, 0) is 37.0 Å². The third-order valence-electron chi connectivity index (χ3n) is 3.34. The minimum absolute atomic E-state index is 0.469. The summed E-state index contributed by atoms with van der Waals surface area (Å²) in [6.45, 7) is 3.00. The number of hydrogen-bond donors (Lipinski definition) is 2. The topological polar surface area (TPSA) is 41.5 Å². The van der Waals surface area contributed by atoms with E-state index < -0.39 is 6.10 Å². The molecule has 1 aromatic carbocycles. The van der Waals surface area contributed by atoms with E-state index in [0.717, 1.165) is 26.2 Å². The summed E-state index contributed by atoms with van der Waals surface area (Å²) in [6, 6.07) is 5.13. The van der Waals surface area contributed by atoms with Crippen molar-refractivity contribution in [3.8, 4) is 0 Å². The van der Waals surface area contributed by atoms with Crippen LogP contribution in [0.4, 0.5) is 0 Å². The Hall–Kier alpha value is -0.320. The van der Waals surface area contributed by atoms with E-state index in [-0.39, 0.29) is 0 Å². The summed E-state index contributed by atoms with van der Waals surface area (Å²) in [4.78, 5) is 0. The molecule has 0 amide bonds. The molecule has 1 heterocycles. The number of ether oxygens (including phenoxy) is 1. The predicted molar refractivity (Wildman–Crippen MR) is 77.8 cm³/mol. The van der Waals surface area contributed by atoms with Crippen molar-refractivity contribution in [2.75, 3.05) is 26.3 Å². The van der Waals surface area contributed by atoms with Crippen LogP contribution in [0.2, 0.25) is 10.0 Å². The molecule has 1 saturated heterocycles. The van der Waals surface area contributed by atoms with Crippen molar-refractivity contribution in [2.45, 2.75) is 18.9 Å². The van der Waals surface area contributed by atoms with Gasteiger partial charge in [0.2, 0.25) is 0 Å². The van der Waals surface area contributed by atoms with E-state index in [0.29, 0.717) is 28.1 Å². The number of halogens is 2. The maximum Gasteiger partial charge on any atom is 0.0929 e. The van der Waals surface area contributed by atoms with E-state index in [1.807, 2.05) is 0 Å². The van der Waals surface area contributed by atoms with Gasteiger partial charge < -0.3 is 15.2 Å². The molecule has 1 aliphatic heterocycles. The van der Waals surface area contributed by atoms with Gasteiger partial charge in [0.05, 0.1) is 12.7 Å². The molecule has 2 N–H and O–H groups in total. The molecule has 0 aromatic heterocycles. The van der Waals surface area contributed by atoms with Gasteiger partial charge in [-0.3, -0.25) is 0 Å². The van der Waals surface area contributed by atoms with Crippen LogP contribution >= 0.6 is 23.2 Å². The summed E-state index contributed by atoms with van der Waals surface area (Å²) in [7, 11) is 0. The molecule has 1 fully saturated rings. The quantitative estimate of drug-likeness (QED) is 0.878. The van der Waals surface area contributed by atoms with E-state index in [1.165, 1.54) is 6.42 Å². The molecule has 0 radical (unpaired) electrons. The summed E-state index contributed by atoms with van der Waals surface area (Å²) >= 11 is 12.0. The van der Waals surface area contributed by atoms with Crippen LogP contribution in [0.1, 0.15) is 24.5 Å². The summed E-state index contributed by atoms with van der Waals surface area (Å²) in [5.74, 6) is 0.538. The summed E-state index contributed by atoms with van der Waals surface area (Å²) in [5, 5.41) is 14.5. The second-order valence-corrected chi connectivity index (χ2v) is 5.77. The van der Waals surface area contributed by atoms with Gasteiger partial charge in [-0.15, -0.1) is 0 Å². The van der Waals surface area contributed by atoms with Crippen molar-refractivity contribution in [3.05, 3.63) is 33.8 Å². The first-order chi connectivity index (χ1) is 9.16. The van der Waals surface area contributed by atoms with Gasteiger partial charge in [0, 0.05) is 35.3 Å². The zero-order valence-electron chi connectivity index (χ0n) is 10.7. The number of benzene rings is 1. The minimum Gasteiger partial charge on any atom is -0.387 e. The molecule has 19 heavy (non-hydrogen) atoms. The molecule has 0 saturated carbocycles. The van der Waals surface area contributed by atoms with E-state index in [4.69, 9.17) is 27.9 Å². The second kappa shape index (κ2) is 7.46. The zero-order valence-corrected chi connectivity index (χ0v) is 12.3. The average Bonchev–Trinajstić information content (AvgIpc) is 2.42. The van der Waals surface area contributed by atoms with E-state index in [9.17, 15) is 5.11 Å². The second-order valence-electron chi connectivity index (χ2n) is 4.92. The zero-order chi connectivity index (χ0) is 13.7. The van der Waals surface area contributed by atoms with Crippen LogP contribution in [0.25, 0.3) is 0 Å². The Bertz CT molecular complexity index is 408. The highest BCUT2D eigenvalue weighted by Crippen LogP contribution is 2.26. The SMILES string of the molecule is OC(CNCC1CCCOC1)c1cc(Cl)ccc1Cl. The van der Waals surface area contributed by atoms with Crippen molar-refractivity contribution in [3.63, 3.8) is 0 Å². The number of rotatable bonds is 5. The van der Waals surface area contributed by atoms with Crippen molar-refractivity contribution in [1.29, 1.82) is 0 Å². The number of aliphatic hydroxyl groups is 1. The Morgan fingerprint density at radius 1 is 1.42 bits per heavy atom. The Kier molecular flexibility index (Phi) is 5.92. The predicted octanol–water partition coefficient (Wildman–Crippen LogP) is 3.04. The molecule has 1 aromatic rings. The van der Waals surface area contributed by atoms with Crippen LogP contribution < -0.4 is 5.32 Å². The fraction of sp³-hybridized carbons (Fsp3) is 0.571. The lowest BCUT2D eigenvalue weighted by Gasteiger charge is -2.23. The maximum absolute atomic E-state index is 10.1. The lowest BCUT2D eigenvalue weighted by molar-refractivity contribution is 0.0532. The van der Waals surface area contributed by atoms with Crippen molar-refractivity contribution >= 4 is 23.2 Å². The molecule has 2 rings (SSSR count). The summed E-state index contributed by atoms with van der Waals surface area (Å²) < 4.78 is 5.42. The average molecular weight is 304 g/mol. The highest BCUT2D eigenvalue weighted by molar-refractivity contribution is 6.33. The molecule has 2 unspecified atom stereocenters. The highest BCUT2D eigenvalue weighted by atomic mass is 35.5. The minimum atomic E-state index is -0.643. The highest BCUT2D eigenvalue weighted by Gasteiger charge is 2.15. The van der Waals surface area contributed by atoms with Gasteiger partial charge >= 0.3 is 0 Å². The molecular weight excluding hydrogens is 285 g/mol. The molecule has 5 heteroatoms. The fourth-order valence-electron chi connectivity index (χ4n) is 2.27. The van der Waals surface area contributed by atoms with Gasteiger partial charge in [0.15, 0.2) is 0 Å². The molecule has 1 aliphatic rings. The molecule has 0 aliphatic carbocycles. The largest absolute Gasteiger partial charge is 0.387 e. The summed E-state index contributed by atoms with van der Waals surface area (Å²) in [5.41, 5.74) is 0.668. The van der Waals surface area contributed by atoms with Crippen molar-refractivity contribution in [2.24, 2.45) is 5.92 Å². The van der Waals surface area contributed by atoms with Crippen molar-refractivity contribution in [1.82, 2.24) is 5.32 Å². The third-order valence-corrected chi connectivity index (χ3v) is 3.92. The Morgan fingerprint density at radius 2 is 2.26 bits per heavy atom. The lowest BCUT2D eigenvalue weighted by atomic mass is 10.0. The Morgan fingerprint density at radius 3 is 3.00 bits per heavy atom. The van der Waals surface area contributed by atoms with Crippen LogP contribution in [-0.4, -0.2) is 31.4 Å². The summed E-state index contributed by atoms with van der Waals surface area (Å²) in [6.07, 6.45) is 1.66. The lowest BCUT2D eigenvalue weighted by Crippen LogP contribution is -2.31.